The van der Waals surface area contributed by atoms with Crippen LogP contribution in [0.1, 0.15) is 5.56 Å². The van der Waals surface area contributed by atoms with Crippen molar-refractivity contribution < 1.29 is 8.42 Å². The molecule has 0 aliphatic rings. The summed E-state index contributed by atoms with van der Waals surface area (Å²) in [4.78, 5) is 0.123. The summed E-state index contributed by atoms with van der Waals surface area (Å²) in [6, 6.07) is 9.23. The van der Waals surface area contributed by atoms with Crippen molar-refractivity contribution in [1.82, 2.24) is 0 Å². The summed E-state index contributed by atoms with van der Waals surface area (Å²) >= 11 is 11.8. The third kappa shape index (κ3) is 3.00. The van der Waals surface area contributed by atoms with Gasteiger partial charge < -0.3 is 5.73 Å². The van der Waals surface area contributed by atoms with E-state index in [2.05, 4.69) is 4.72 Å². The van der Waals surface area contributed by atoms with Gasteiger partial charge in [0.15, 0.2) is 0 Å². The fraction of sp³-hybridized carbons (Fsp3) is 0.0769. The van der Waals surface area contributed by atoms with E-state index in [4.69, 9.17) is 28.9 Å². The van der Waals surface area contributed by atoms with Crippen LogP contribution in [0.3, 0.4) is 0 Å². The number of nitrogens with two attached hydrogens (primary N) is 1. The van der Waals surface area contributed by atoms with Crippen molar-refractivity contribution in [1.29, 1.82) is 0 Å². The monoisotopic (exact) mass is 330 g/mol. The van der Waals surface area contributed by atoms with Crippen LogP contribution in [0.15, 0.2) is 41.3 Å². The van der Waals surface area contributed by atoms with Crippen LogP contribution in [0.25, 0.3) is 0 Å². The molecule has 0 saturated carbocycles. The van der Waals surface area contributed by atoms with Crippen LogP contribution in [-0.2, 0) is 10.0 Å². The quantitative estimate of drug-likeness (QED) is 0.843. The first-order valence-electron chi connectivity index (χ1n) is 5.64. The van der Waals surface area contributed by atoms with Crippen LogP contribution in [0, 0.1) is 6.92 Å². The van der Waals surface area contributed by atoms with E-state index in [0.717, 1.165) is 0 Å². The molecule has 0 aliphatic heterocycles. The molecule has 0 radical (unpaired) electrons. The van der Waals surface area contributed by atoms with Crippen molar-refractivity contribution in [3.63, 3.8) is 0 Å². The summed E-state index contributed by atoms with van der Waals surface area (Å²) in [5, 5.41) is 0.677. The lowest BCUT2D eigenvalue weighted by molar-refractivity contribution is 0.600. The van der Waals surface area contributed by atoms with Gasteiger partial charge in [0.1, 0.15) is 0 Å². The normalized spacial score (nSPS) is 11.3. The lowest BCUT2D eigenvalue weighted by atomic mass is 10.2. The SMILES string of the molecule is Cc1c(Cl)cccc1S(=O)(=O)Nc1ccc(N)c(Cl)c1. The number of benzene rings is 2. The number of nitrogen functional groups attached to an aromatic ring is 1. The molecule has 2 aromatic rings. The molecule has 2 aromatic carbocycles. The van der Waals surface area contributed by atoms with Crippen molar-refractivity contribution in [2.45, 2.75) is 11.8 Å². The molecular weight excluding hydrogens is 319 g/mol. The zero-order valence-electron chi connectivity index (χ0n) is 10.5. The number of hydrogen-bond acceptors (Lipinski definition) is 3. The van der Waals surface area contributed by atoms with Crippen LogP contribution in [-0.4, -0.2) is 8.42 Å². The van der Waals surface area contributed by atoms with Gasteiger partial charge in [-0.1, -0.05) is 29.3 Å². The average molecular weight is 331 g/mol. The van der Waals surface area contributed by atoms with Gasteiger partial charge in [0.2, 0.25) is 0 Å². The molecule has 4 nitrogen and oxygen atoms in total. The summed E-state index contributed by atoms with van der Waals surface area (Å²) in [7, 11) is -3.73. The smallest absolute Gasteiger partial charge is 0.262 e. The zero-order valence-corrected chi connectivity index (χ0v) is 12.9. The van der Waals surface area contributed by atoms with Crippen molar-refractivity contribution in [3.8, 4) is 0 Å². The molecule has 0 aliphatic carbocycles. The average Bonchev–Trinajstić information content (AvgIpc) is 2.36. The van der Waals surface area contributed by atoms with E-state index in [1.807, 2.05) is 0 Å². The van der Waals surface area contributed by atoms with Crippen molar-refractivity contribution >= 4 is 44.6 Å². The minimum absolute atomic E-state index is 0.123. The first kappa shape index (κ1) is 15.0. The van der Waals surface area contributed by atoms with Gasteiger partial charge in [-0.15, -0.1) is 0 Å². The van der Waals surface area contributed by atoms with Gasteiger partial charge in [0, 0.05) is 5.02 Å². The Bertz CT molecular complexity index is 761. The molecule has 0 spiro atoms. The third-order valence-electron chi connectivity index (χ3n) is 2.76. The van der Waals surface area contributed by atoms with Gasteiger partial charge in [-0.3, -0.25) is 4.72 Å². The molecule has 0 amide bonds. The van der Waals surface area contributed by atoms with Crippen LogP contribution in [0.5, 0.6) is 0 Å². The van der Waals surface area contributed by atoms with Gasteiger partial charge in [-0.05, 0) is 42.8 Å². The molecule has 0 saturated heterocycles. The predicted octanol–water partition coefficient (Wildman–Crippen LogP) is 3.68. The van der Waals surface area contributed by atoms with E-state index in [1.165, 1.54) is 18.2 Å². The summed E-state index contributed by atoms with van der Waals surface area (Å²) in [6.45, 7) is 1.65. The van der Waals surface area contributed by atoms with Gasteiger partial charge in [0.05, 0.1) is 21.3 Å². The van der Waals surface area contributed by atoms with E-state index in [-0.39, 0.29) is 9.92 Å². The Labute approximate surface area is 127 Å². The summed E-state index contributed by atoms with van der Waals surface area (Å²) < 4.78 is 27.1. The second-order valence-corrected chi connectivity index (χ2v) is 6.67. The molecule has 2 rings (SSSR count). The summed E-state index contributed by atoms with van der Waals surface area (Å²) in [6.07, 6.45) is 0. The Hall–Kier alpha value is -1.43. The molecule has 0 fully saturated rings. The summed E-state index contributed by atoms with van der Waals surface area (Å²) in [5.41, 5.74) is 6.79. The zero-order chi connectivity index (χ0) is 14.9. The molecule has 7 heteroatoms. The Morgan fingerprint density at radius 3 is 2.45 bits per heavy atom. The van der Waals surface area contributed by atoms with Gasteiger partial charge in [-0.25, -0.2) is 8.42 Å². The second kappa shape index (κ2) is 5.52. The summed E-state index contributed by atoms with van der Waals surface area (Å²) in [5.74, 6) is 0. The lowest BCUT2D eigenvalue weighted by Crippen LogP contribution is -2.14. The van der Waals surface area contributed by atoms with Gasteiger partial charge >= 0.3 is 0 Å². The fourth-order valence-electron chi connectivity index (χ4n) is 1.68. The Morgan fingerprint density at radius 2 is 1.80 bits per heavy atom. The Morgan fingerprint density at radius 1 is 1.10 bits per heavy atom. The molecule has 0 bridgehead atoms. The highest BCUT2D eigenvalue weighted by Crippen LogP contribution is 2.27. The topological polar surface area (TPSA) is 72.2 Å². The molecule has 20 heavy (non-hydrogen) atoms. The minimum Gasteiger partial charge on any atom is -0.398 e. The number of sulfonamides is 1. The maximum absolute atomic E-state index is 12.3. The number of halogens is 2. The minimum atomic E-state index is -3.73. The Kier molecular flexibility index (Phi) is 4.13. The number of anilines is 2. The van der Waals surface area contributed by atoms with E-state index in [9.17, 15) is 8.42 Å². The second-order valence-electron chi connectivity index (χ2n) is 4.20. The molecule has 106 valence electrons. The fourth-order valence-corrected chi connectivity index (χ4v) is 3.41. The van der Waals surface area contributed by atoms with Crippen molar-refractivity contribution in [2.24, 2.45) is 0 Å². The number of nitrogens with one attached hydrogen (secondary N) is 1. The van der Waals surface area contributed by atoms with Crippen molar-refractivity contribution in [2.75, 3.05) is 10.5 Å². The van der Waals surface area contributed by atoms with Gasteiger partial charge in [0.25, 0.3) is 10.0 Å². The maximum Gasteiger partial charge on any atom is 0.262 e. The highest BCUT2D eigenvalue weighted by molar-refractivity contribution is 7.92. The van der Waals surface area contributed by atoms with Crippen LogP contribution < -0.4 is 10.5 Å². The molecule has 0 aromatic heterocycles. The van der Waals surface area contributed by atoms with E-state index in [1.54, 1.807) is 25.1 Å². The van der Waals surface area contributed by atoms with Crippen LogP contribution >= 0.6 is 23.2 Å². The van der Waals surface area contributed by atoms with Gasteiger partial charge in [-0.2, -0.15) is 0 Å². The molecular formula is C13H12Cl2N2O2S. The largest absolute Gasteiger partial charge is 0.398 e. The lowest BCUT2D eigenvalue weighted by Gasteiger charge is -2.11. The van der Waals surface area contributed by atoms with Crippen LogP contribution in [0.2, 0.25) is 10.0 Å². The highest BCUT2D eigenvalue weighted by atomic mass is 35.5. The first-order valence-corrected chi connectivity index (χ1v) is 7.88. The molecule has 0 heterocycles. The Balaban J connectivity index is 2.41. The molecule has 0 atom stereocenters. The molecule has 0 unspecified atom stereocenters. The highest BCUT2D eigenvalue weighted by Gasteiger charge is 2.18. The number of rotatable bonds is 3. The van der Waals surface area contributed by atoms with Crippen LogP contribution in [0.4, 0.5) is 11.4 Å². The van der Waals surface area contributed by atoms with E-state index >= 15 is 0 Å². The van der Waals surface area contributed by atoms with Crippen molar-refractivity contribution in [3.05, 3.63) is 52.0 Å². The maximum atomic E-state index is 12.3. The van der Waals surface area contributed by atoms with E-state index in [0.29, 0.717) is 22.0 Å². The van der Waals surface area contributed by atoms with E-state index < -0.39 is 10.0 Å². The molecule has 3 N–H and O–H groups in total. The number of hydrogen-bond donors (Lipinski definition) is 2. The first-order chi connectivity index (χ1) is 9.31. The third-order valence-corrected chi connectivity index (χ3v) is 5.02. The standard InChI is InChI=1S/C13H12Cl2N2O2S/c1-8-10(14)3-2-4-13(8)20(18,19)17-9-5-6-12(16)11(15)7-9/h2-7,17H,16H2,1H3. The predicted molar refractivity (Wildman–Crippen MR) is 82.9 cm³/mol.